The zero-order valence-corrected chi connectivity index (χ0v) is 18.7. The van der Waals surface area contributed by atoms with Gasteiger partial charge in [0, 0.05) is 20.5 Å². The van der Waals surface area contributed by atoms with Gasteiger partial charge in [-0.2, -0.15) is 5.26 Å². The van der Waals surface area contributed by atoms with Gasteiger partial charge < -0.3 is 0 Å². The molecule has 7 heteroatoms. The molecule has 1 aromatic heterocycles. The zero-order valence-electron chi connectivity index (χ0n) is 16.3. The summed E-state index contributed by atoms with van der Waals surface area (Å²) in [4.78, 5) is 21.7. The van der Waals surface area contributed by atoms with Crippen LogP contribution in [0.1, 0.15) is 24.6 Å². The minimum absolute atomic E-state index is 0.0807. The lowest BCUT2D eigenvalue weighted by Crippen LogP contribution is -2.30. The molecule has 2 aromatic carbocycles. The van der Waals surface area contributed by atoms with Crippen LogP contribution < -0.4 is 4.90 Å². The fraction of sp³-hybridized carbons (Fsp3) is 0.174. The van der Waals surface area contributed by atoms with Crippen LogP contribution in [0, 0.1) is 11.3 Å². The number of aryl methyl sites for hydroxylation is 1. The van der Waals surface area contributed by atoms with Crippen LogP contribution in [0.25, 0.3) is 0 Å². The maximum absolute atomic E-state index is 13.4. The molecule has 0 saturated carbocycles. The van der Waals surface area contributed by atoms with E-state index >= 15 is 0 Å². The molecule has 1 aliphatic rings. The van der Waals surface area contributed by atoms with E-state index in [-0.39, 0.29) is 11.7 Å². The fourth-order valence-corrected chi connectivity index (χ4v) is 5.31. The Kier molecular flexibility index (Phi) is 6.33. The molecule has 0 bridgehead atoms. The van der Waals surface area contributed by atoms with Crippen LogP contribution in [0.3, 0.4) is 0 Å². The van der Waals surface area contributed by atoms with Gasteiger partial charge in [-0.05, 0) is 48.9 Å². The highest BCUT2D eigenvalue weighted by molar-refractivity contribution is 8.00. The standard InChI is InChI=1S/C23H18ClN3OS2/c1-2-5-17-10-8-15(13-25)23(26-17)29-14-22(28)27-18-6-3-4-7-20(18)30-21-11-9-16(24)12-19(21)27/h3-4,6-12H,2,5,14H2,1H3. The number of nitrogens with zero attached hydrogens (tertiary/aromatic N) is 3. The van der Waals surface area contributed by atoms with E-state index in [2.05, 4.69) is 18.0 Å². The molecule has 4 rings (SSSR count). The lowest BCUT2D eigenvalue weighted by atomic mass is 10.2. The van der Waals surface area contributed by atoms with Gasteiger partial charge in [-0.1, -0.05) is 60.6 Å². The number of halogens is 1. The van der Waals surface area contributed by atoms with Gasteiger partial charge in [0.25, 0.3) is 0 Å². The normalized spacial score (nSPS) is 12.1. The number of carbonyl (C=O) groups is 1. The van der Waals surface area contributed by atoms with Crippen molar-refractivity contribution >= 4 is 52.4 Å². The van der Waals surface area contributed by atoms with Crippen molar-refractivity contribution in [3.8, 4) is 6.07 Å². The van der Waals surface area contributed by atoms with Gasteiger partial charge >= 0.3 is 0 Å². The average molecular weight is 452 g/mol. The first-order valence-electron chi connectivity index (χ1n) is 9.53. The van der Waals surface area contributed by atoms with Crippen molar-refractivity contribution in [2.24, 2.45) is 0 Å². The summed E-state index contributed by atoms with van der Waals surface area (Å²) >= 11 is 9.16. The van der Waals surface area contributed by atoms with Crippen LogP contribution in [-0.2, 0) is 11.2 Å². The Morgan fingerprint density at radius 3 is 2.77 bits per heavy atom. The molecule has 3 aromatic rings. The molecule has 30 heavy (non-hydrogen) atoms. The van der Waals surface area contributed by atoms with E-state index in [1.54, 1.807) is 22.7 Å². The zero-order chi connectivity index (χ0) is 21.1. The Bertz CT molecular complexity index is 1160. The van der Waals surface area contributed by atoms with E-state index in [9.17, 15) is 10.1 Å². The van der Waals surface area contributed by atoms with Crippen molar-refractivity contribution in [1.82, 2.24) is 4.98 Å². The molecule has 0 atom stereocenters. The van der Waals surface area contributed by atoms with Crippen LogP contribution >= 0.6 is 35.1 Å². The van der Waals surface area contributed by atoms with Gasteiger partial charge in [0.2, 0.25) is 5.91 Å². The lowest BCUT2D eigenvalue weighted by Gasteiger charge is -2.31. The smallest absolute Gasteiger partial charge is 0.242 e. The van der Waals surface area contributed by atoms with Gasteiger partial charge in [0.05, 0.1) is 22.7 Å². The van der Waals surface area contributed by atoms with Gasteiger partial charge in [-0.25, -0.2) is 4.98 Å². The third-order valence-electron chi connectivity index (χ3n) is 4.61. The van der Waals surface area contributed by atoms with E-state index in [1.807, 2.05) is 48.5 Å². The first kappa shape index (κ1) is 20.8. The predicted octanol–water partition coefficient (Wildman–Crippen LogP) is 6.48. The minimum Gasteiger partial charge on any atom is -0.278 e. The number of aromatic nitrogens is 1. The summed E-state index contributed by atoms with van der Waals surface area (Å²) in [6, 6.07) is 19.3. The molecular weight excluding hydrogens is 434 g/mol. The second-order valence-corrected chi connectivity index (χ2v) is 9.20. The number of anilines is 2. The van der Waals surface area contributed by atoms with Gasteiger partial charge in [-0.3, -0.25) is 9.69 Å². The molecule has 0 aliphatic carbocycles. The van der Waals surface area contributed by atoms with Crippen LogP contribution in [0.5, 0.6) is 0 Å². The van der Waals surface area contributed by atoms with E-state index in [4.69, 9.17) is 11.6 Å². The summed E-state index contributed by atoms with van der Waals surface area (Å²) < 4.78 is 0. The molecule has 0 spiro atoms. The summed E-state index contributed by atoms with van der Waals surface area (Å²) in [6.07, 6.45) is 1.82. The summed E-state index contributed by atoms with van der Waals surface area (Å²) in [6.45, 7) is 2.09. The summed E-state index contributed by atoms with van der Waals surface area (Å²) in [5.41, 5.74) is 3.05. The van der Waals surface area contributed by atoms with Gasteiger partial charge in [0.15, 0.2) is 0 Å². The number of para-hydroxylation sites is 1. The number of rotatable bonds is 5. The fourth-order valence-electron chi connectivity index (χ4n) is 3.26. The van der Waals surface area contributed by atoms with Crippen LogP contribution in [-0.4, -0.2) is 16.6 Å². The highest BCUT2D eigenvalue weighted by atomic mass is 35.5. The third kappa shape index (κ3) is 4.20. The number of fused-ring (bicyclic) bond motifs is 2. The van der Waals surface area contributed by atoms with Crippen molar-refractivity contribution in [2.75, 3.05) is 10.7 Å². The Morgan fingerprint density at radius 2 is 1.97 bits per heavy atom. The average Bonchev–Trinajstić information content (AvgIpc) is 2.76. The van der Waals surface area contributed by atoms with Crippen molar-refractivity contribution in [1.29, 1.82) is 5.26 Å². The topological polar surface area (TPSA) is 57.0 Å². The highest BCUT2D eigenvalue weighted by Crippen LogP contribution is 2.49. The summed E-state index contributed by atoms with van der Waals surface area (Å²) in [5.74, 6) is 0.0882. The van der Waals surface area contributed by atoms with Crippen LogP contribution in [0.4, 0.5) is 11.4 Å². The Hall–Kier alpha value is -2.46. The number of benzene rings is 2. The first-order chi connectivity index (χ1) is 14.6. The Morgan fingerprint density at radius 1 is 1.17 bits per heavy atom. The Labute approximate surface area is 189 Å². The second-order valence-electron chi connectivity index (χ2n) is 6.72. The molecule has 1 amide bonds. The van der Waals surface area contributed by atoms with E-state index in [1.165, 1.54) is 11.8 Å². The van der Waals surface area contributed by atoms with Gasteiger partial charge in [0.1, 0.15) is 11.1 Å². The summed E-state index contributed by atoms with van der Waals surface area (Å²) in [7, 11) is 0. The maximum Gasteiger partial charge on any atom is 0.242 e. The van der Waals surface area contributed by atoms with Crippen molar-refractivity contribution in [3.05, 3.63) is 70.9 Å². The molecule has 0 N–H and O–H groups in total. The highest BCUT2D eigenvalue weighted by Gasteiger charge is 2.28. The number of pyridine rings is 1. The van der Waals surface area contributed by atoms with Gasteiger partial charge in [-0.15, -0.1) is 0 Å². The Balaban J connectivity index is 1.64. The maximum atomic E-state index is 13.4. The largest absolute Gasteiger partial charge is 0.278 e. The van der Waals surface area contributed by atoms with E-state index in [0.717, 1.165) is 39.7 Å². The summed E-state index contributed by atoms with van der Waals surface area (Å²) in [5, 5.41) is 10.6. The number of nitriles is 1. The van der Waals surface area contributed by atoms with Crippen molar-refractivity contribution in [2.45, 2.75) is 34.6 Å². The van der Waals surface area contributed by atoms with E-state index < -0.39 is 0 Å². The van der Waals surface area contributed by atoms with Crippen molar-refractivity contribution < 1.29 is 4.79 Å². The molecule has 0 radical (unpaired) electrons. The molecule has 1 aliphatic heterocycles. The minimum atomic E-state index is -0.0807. The number of thioether (sulfide) groups is 1. The molecule has 2 heterocycles. The number of amides is 1. The molecular formula is C23H18ClN3OS2. The molecule has 0 saturated heterocycles. The molecule has 4 nitrogen and oxygen atoms in total. The van der Waals surface area contributed by atoms with E-state index in [0.29, 0.717) is 15.6 Å². The van der Waals surface area contributed by atoms with Crippen molar-refractivity contribution in [3.63, 3.8) is 0 Å². The quantitative estimate of drug-likeness (QED) is 0.415. The number of carbonyl (C=O) groups excluding carboxylic acids is 1. The number of hydrogen-bond acceptors (Lipinski definition) is 5. The lowest BCUT2D eigenvalue weighted by molar-refractivity contribution is -0.115. The van der Waals surface area contributed by atoms with Crippen LogP contribution in [0.2, 0.25) is 5.02 Å². The number of hydrogen-bond donors (Lipinski definition) is 0. The predicted molar refractivity (Wildman–Crippen MR) is 123 cm³/mol. The first-order valence-corrected chi connectivity index (χ1v) is 11.7. The molecule has 0 unspecified atom stereocenters. The molecule has 150 valence electrons. The van der Waals surface area contributed by atoms with Crippen LogP contribution in [0.15, 0.2) is 69.4 Å². The molecule has 0 fully saturated rings. The third-order valence-corrected chi connectivity index (χ3v) is 6.96. The SMILES string of the molecule is CCCc1ccc(C#N)c(SCC(=O)N2c3ccccc3Sc3ccc(Cl)cc32)n1. The monoisotopic (exact) mass is 451 g/mol. The second kappa shape index (κ2) is 9.13.